The van der Waals surface area contributed by atoms with Crippen molar-refractivity contribution in [3.8, 4) is 11.1 Å². The van der Waals surface area contributed by atoms with E-state index >= 15 is 0 Å². The minimum Gasteiger partial charge on any atom is -0.324 e. The largest absolute Gasteiger partial charge is 0.324 e. The van der Waals surface area contributed by atoms with Crippen molar-refractivity contribution < 1.29 is 13.2 Å². The van der Waals surface area contributed by atoms with Gasteiger partial charge in [0.2, 0.25) is 0 Å². The Labute approximate surface area is 219 Å². The van der Waals surface area contributed by atoms with Gasteiger partial charge >= 0.3 is 0 Å². The Bertz CT molecular complexity index is 1710. The number of nitrogens with zero attached hydrogens (tertiary/aromatic N) is 2. The number of aryl methyl sites for hydroxylation is 1. The second kappa shape index (κ2) is 9.57. The second-order valence-corrected chi connectivity index (χ2v) is 11.6. The fourth-order valence-electron chi connectivity index (χ4n) is 3.95. The lowest BCUT2D eigenvalue weighted by molar-refractivity contribution is 0.0981. The first-order valence-electron chi connectivity index (χ1n) is 10.9. The van der Waals surface area contributed by atoms with Gasteiger partial charge in [0.1, 0.15) is 17.9 Å². The van der Waals surface area contributed by atoms with Crippen molar-refractivity contribution in [2.24, 2.45) is 0 Å². The molecule has 6 nitrogen and oxygen atoms in total. The van der Waals surface area contributed by atoms with Crippen molar-refractivity contribution in [2.45, 2.75) is 17.7 Å². The van der Waals surface area contributed by atoms with E-state index < -0.39 is 15.9 Å². The number of fused-ring (bicyclic) bond motifs is 1. The maximum Gasteiger partial charge on any atom is 0.273 e. The molecule has 0 bridgehead atoms. The number of aromatic nitrogens is 2. The summed E-state index contributed by atoms with van der Waals surface area (Å²) in [5, 5.41) is 0.618. The van der Waals surface area contributed by atoms with E-state index in [2.05, 4.69) is 9.71 Å². The molecule has 36 heavy (non-hydrogen) atoms. The lowest BCUT2D eigenvalue weighted by atomic mass is 10.0. The zero-order valence-corrected chi connectivity index (χ0v) is 21.5. The quantitative estimate of drug-likeness (QED) is 0.322. The van der Waals surface area contributed by atoms with Crippen LogP contribution in [-0.4, -0.2) is 31.7 Å². The Morgan fingerprint density at radius 3 is 2.50 bits per heavy atom. The molecule has 0 unspecified atom stereocenters. The highest BCUT2D eigenvalue weighted by atomic mass is 35.5. The molecule has 178 valence electrons. The highest BCUT2D eigenvalue weighted by Gasteiger charge is 2.21. The van der Waals surface area contributed by atoms with Crippen LogP contribution in [-0.2, 0) is 16.6 Å². The summed E-state index contributed by atoms with van der Waals surface area (Å²) in [6, 6.07) is 23.6. The topological polar surface area (TPSA) is 81.1 Å². The standard InChI is InChI=1S/C26H19BClN3O3S2/c1-16-29-22-10-9-19(26(32)30-36(33,34)25-12-11-24(27)35-25)14-23(22)31(16)15-20-8-7-18(13-21(20)28)17-5-3-2-4-6-17/h2-14H,15H2,1H3,(H,30,32). The normalized spacial score (nSPS) is 11.6. The molecular formula is C26H19BClN3O3S2. The molecule has 0 atom stereocenters. The molecule has 2 aromatic heterocycles. The summed E-state index contributed by atoms with van der Waals surface area (Å²) in [5.74, 6) is 0.00645. The molecule has 10 heteroatoms. The van der Waals surface area contributed by atoms with E-state index in [0.29, 0.717) is 27.4 Å². The number of rotatable bonds is 6. The first-order valence-corrected chi connectivity index (χ1v) is 13.6. The van der Waals surface area contributed by atoms with Gasteiger partial charge in [-0.25, -0.2) is 18.1 Å². The molecule has 0 spiro atoms. The van der Waals surface area contributed by atoms with Gasteiger partial charge in [0, 0.05) is 10.6 Å². The van der Waals surface area contributed by atoms with Gasteiger partial charge in [-0.15, -0.1) is 11.3 Å². The van der Waals surface area contributed by atoms with Crippen molar-refractivity contribution >= 4 is 62.5 Å². The van der Waals surface area contributed by atoms with Crippen LogP contribution in [0.1, 0.15) is 21.7 Å². The molecular weight excluding hydrogens is 513 g/mol. The Morgan fingerprint density at radius 1 is 1.03 bits per heavy atom. The molecule has 3 aromatic carbocycles. The summed E-state index contributed by atoms with van der Waals surface area (Å²) < 4.78 is 29.5. The fourth-order valence-corrected chi connectivity index (χ4v) is 6.26. The number of carbonyl (C=O) groups excluding carboxylic acids is 1. The molecule has 0 aliphatic carbocycles. The molecule has 5 rings (SSSR count). The average molecular weight is 532 g/mol. The molecule has 0 fully saturated rings. The number of imidazole rings is 1. The Kier molecular flexibility index (Phi) is 6.46. The summed E-state index contributed by atoms with van der Waals surface area (Å²) in [4.78, 5) is 17.4. The van der Waals surface area contributed by atoms with Gasteiger partial charge in [-0.3, -0.25) is 4.79 Å². The van der Waals surface area contributed by atoms with Gasteiger partial charge in [0.15, 0.2) is 0 Å². The zero-order valence-electron chi connectivity index (χ0n) is 19.1. The molecule has 1 amide bonds. The number of hydrogen-bond donors (Lipinski definition) is 1. The summed E-state index contributed by atoms with van der Waals surface area (Å²) >= 11 is 7.53. The highest BCUT2D eigenvalue weighted by Crippen LogP contribution is 2.28. The first kappa shape index (κ1) is 24.3. The van der Waals surface area contributed by atoms with E-state index in [1.165, 1.54) is 12.1 Å². The zero-order chi connectivity index (χ0) is 25.4. The van der Waals surface area contributed by atoms with E-state index in [4.69, 9.17) is 19.4 Å². The third-order valence-corrected chi connectivity index (χ3v) is 8.87. The smallest absolute Gasteiger partial charge is 0.273 e. The van der Waals surface area contributed by atoms with Crippen LogP contribution in [0.2, 0.25) is 5.02 Å². The Morgan fingerprint density at radius 2 is 1.81 bits per heavy atom. The van der Waals surface area contributed by atoms with Gasteiger partial charge in [-0.05, 0) is 58.7 Å². The lowest BCUT2D eigenvalue weighted by Gasteiger charge is -2.11. The van der Waals surface area contributed by atoms with Crippen molar-refractivity contribution in [3.05, 3.63) is 101 Å². The van der Waals surface area contributed by atoms with Crippen molar-refractivity contribution in [1.82, 2.24) is 14.3 Å². The molecule has 2 heterocycles. The minimum absolute atomic E-state index is 0.0242. The maximum atomic E-state index is 12.8. The Balaban J connectivity index is 1.44. The molecule has 1 N–H and O–H groups in total. The van der Waals surface area contributed by atoms with Crippen LogP contribution in [0.25, 0.3) is 22.2 Å². The third-order valence-electron chi connectivity index (χ3n) is 5.78. The van der Waals surface area contributed by atoms with E-state index in [1.807, 2.05) is 60.0 Å². The molecule has 0 saturated heterocycles. The van der Waals surface area contributed by atoms with Crippen molar-refractivity contribution in [2.75, 3.05) is 0 Å². The van der Waals surface area contributed by atoms with Gasteiger partial charge in [-0.1, -0.05) is 60.1 Å². The van der Waals surface area contributed by atoms with Gasteiger partial charge in [0.25, 0.3) is 15.9 Å². The number of thiophene rings is 1. The summed E-state index contributed by atoms with van der Waals surface area (Å²) in [7, 11) is 1.61. The van der Waals surface area contributed by atoms with Crippen molar-refractivity contribution in [1.29, 1.82) is 0 Å². The van der Waals surface area contributed by atoms with Crippen LogP contribution in [0, 0.1) is 6.92 Å². The lowest BCUT2D eigenvalue weighted by Crippen LogP contribution is -2.30. The second-order valence-electron chi connectivity index (χ2n) is 8.21. The maximum absolute atomic E-state index is 12.8. The van der Waals surface area contributed by atoms with Crippen LogP contribution in [0.3, 0.4) is 0 Å². The summed E-state index contributed by atoms with van der Waals surface area (Å²) in [6.45, 7) is 2.31. The van der Waals surface area contributed by atoms with Crippen molar-refractivity contribution in [3.63, 3.8) is 0 Å². The van der Waals surface area contributed by atoms with Gasteiger partial charge in [-0.2, -0.15) is 0 Å². The summed E-state index contributed by atoms with van der Waals surface area (Å²) in [5.41, 5.74) is 4.57. The summed E-state index contributed by atoms with van der Waals surface area (Å²) in [6.07, 6.45) is 0. The van der Waals surface area contributed by atoms with Crippen LogP contribution in [0.5, 0.6) is 0 Å². The average Bonchev–Trinajstić information content (AvgIpc) is 3.43. The monoisotopic (exact) mass is 531 g/mol. The fraction of sp³-hybridized carbons (Fsp3) is 0.0769. The number of hydrogen-bond acceptors (Lipinski definition) is 5. The number of halogens is 1. The highest BCUT2D eigenvalue weighted by molar-refractivity contribution is 7.92. The molecule has 0 aliphatic rings. The number of carbonyl (C=O) groups is 1. The van der Waals surface area contributed by atoms with E-state index in [0.717, 1.165) is 33.9 Å². The molecule has 0 aliphatic heterocycles. The van der Waals surface area contributed by atoms with E-state index in [9.17, 15) is 13.2 Å². The first-order chi connectivity index (χ1) is 17.2. The number of sulfonamides is 1. The van der Waals surface area contributed by atoms with Crippen LogP contribution >= 0.6 is 22.9 Å². The predicted molar refractivity (Wildman–Crippen MR) is 145 cm³/mol. The van der Waals surface area contributed by atoms with Gasteiger partial charge < -0.3 is 4.57 Å². The predicted octanol–water partition coefficient (Wildman–Crippen LogP) is 4.69. The van der Waals surface area contributed by atoms with Crippen LogP contribution < -0.4 is 9.50 Å². The van der Waals surface area contributed by atoms with Crippen LogP contribution in [0.15, 0.2) is 83.1 Å². The SMILES string of the molecule is [B]c1ccc(S(=O)(=O)NC(=O)c2ccc3nc(C)n(Cc4ccc(-c5ccccc5)cc4Cl)c3c2)s1. The number of benzene rings is 3. The number of amides is 1. The number of nitrogens with one attached hydrogen (secondary N) is 1. The van der Waals surface area contributed by atoms with E-state index in [1.54, 1.807) is 18.2 Å². The minimum atomic E-state index is -4.03. The molecule has 2 radical (unpaired) electrons. The Hall–Kier alpha value is -3.40. The van der Waals surface area contributed by atoms with E-state index in [-0.39, 0.29) is 9.77 Å². The third kappa shape index (κ3) is 4.82. The molecule has 5 aromatic rings. The van der Waals surface area contributed by atoms with Crippen LogP contribution in [0.4, 0.5) is 0 Å². The van der Waals surface area contributed by atoms with Gasteiger partial charge in [0.05, 0.1) is 17.6 Å². The molecule has 0 saturated carbocycles.